The number of nitrogens with one attached hydrogen (secondary N) is 2. The van der Waals surface area contributed by atoms with Gasteiger partial charge in [-0.15, -0.1) is 0 Å². The Labute approximate surface area is 174 Å². The summed E-state index contributed by atoms with van der Waals surface area (Å²) in [6.45, 7) is 5.62. The fourth-order valence-electron chi connectivity index (χ4n) is 3.74. The van der Waals surface area contributed by atoms with E-state index in [9.17, 15) is 12.8 Å². The number of sulfone groups is 1. The fraction of sp³-hybridized carbons (Fsp3) is 0.667. The van der Waals surface area contributed by atoms with E-state index in [0.717, 1.165) is 19.6 Å². The van der Waals surface area contributed by atoms with Crippen molar-refractivity contribution < 1.29 is 12.8 Å². The van der Waals surface area contributed by atoms with Crippen LogP contribution >= 0.6 is 0 Å². The number of hydrogen-bond acceptors (Lipinski definition) is 4. The van der Waals surface area contributed by atoms with Gasteiger partial charge in [-0.25, -0.2) is 12.8 Å². The molecule has 0 spiro atoms. The lowest BCUT2D eigenvalue weighted by Gasteiger charge is -2.36. The van der Waals surface area contributed by atoms with Crippen LogP contribution < -0.4 is 10.6 Å². The number of unbranched alkanes of at least 4 members (excludes halogenated alkanes) is 1. The number of guanidine groups is 1. The Morgan fingerprint density at radius 1 is 1.28 bits per heavy atom. The zero-order chi connectivity index (χ0) is 21.3. The van der Waals surface area contributed by atoms with Crippen molar-refractivity contribution in [2.24, 2.45) is 4.99 Å². The van der Waals surface area contributed by atoms with Crippen LogP contribution in [0.3, 0.4) is 0 Å². The molecule has 0 amide bonds. The molecule has 8 heteroatoms. The van der Waals surface area contributed by atoms with Gasteiger partial charge in [-0.05, 0) is 55.6 Å². The number of piperidine rings is 1. The first-order valence-electron chi connectivity index (χ1n) is 10.5. The Morgan fingerprint density at radius 3 is 2.76 bits per heavy atom. The third-order valence-electron chi connectivity index (χ3n) is 5.31. The van der Waals surface area contributed by atoms with Gasteiger partial charge in [0.15, 0.2) is 15.8 Å². The molecule has 0 bridgehead atoms. The molecule has 29 heavy (non-hydrogen) atoms. The van der Waals surface area contributed by atoms with Crippen LogP contribution in [-0.4, -0.2) is 58.3 Å². The number of rotatable bonds is 9. The molecule has 164 valence electrons. The number of aliphatic imine (C=N–C) groups is 1. The van der Waals surface area contributed by atoms with Crippen LogP contribution in [0.4, 0.5) is 4.39 Å². The maximum atomic E-state index is 13.7. The van der Waals surface area contributed by atoms with Crippen molar-refractivity contribution in [1.82, 2.24) is 15.5 Å². The highest BCUT2D eigenvalue weighted by Gasteiger charge is 2.21. The lowest BCUT2D eigenvalue weighted by Crippen LogP contribution is -2.49. The van der Waals surface area contributed by atoms with Gasteiger partial charge in [0.2, 0.25) is 0 Å². The zero-order valence-corrected chi connectivity index (χ0v) is 18.7. The third-order valence-corrected chi connectivity index (χ3v) is 6.14. The Balaban J connectivity index is 1.94. The van der Waals surface area contributed by atoms with Crippen molar-refractivity contribution in [1.29, 1.82) is 0 Å². The van der Waals surface area contributed by atoms with E-state index in [1.807, 2.05) is 0 Å². The molecule has 6 nitrogen and oxygen atoms in total. The van der Waals surface area contributed by atoms with Crippen LogP contribution in [0.15, 0.2) is 23.2 Å². The number of nitrogens with zero attached hydrogens (tertiary/aromatic N) is 2. The van der Waals surface area contributed by atoms with Crippen molar-refractivity contribution in [2.75, 3.05) is 32.9 Å². The van der Waals surface area contributed by atoms with Crippen molar-refractivity contribution in [3.05, 3.63) is 35.1 Å². The molecular formula is C21H35FN4O2S. The van der Waals surface area contributed by atoms with Crippen LogP contribution in [-0.2, 0) is 22.1 Å². The van der Waals surface area contributed by atoms with E-state index >= 15 is 0 Å². The second kappa shape index (κ2) is 11.5. The quantitative estimate of drug-likeness (QED) is 0.469. The molecule has 1 fully saturated rings. The fourth-order valence-corrected chi connectivity index (χ4v) is 4.59. The number of benzene rings is 1. The van der Waals surface area contributed by atoms with Crippen molar-refractivity contribution in [3.8, 4) is 0 Å². The first-order valence-corrected chi connectivity index (χ1v) is 12.5. The third kappa shape index (κ3) is 8.30. The molecule has 1 atom stereocenters. The van der Waals surface area contributed by atoms with Crippen LogP contribution in [0.5, 0.6) is 0 Å². The van der Waals surface area contributed by atoms with Gasteiger partial charge in [0, 0.05) is 32.4 Å². The van der Waals surface area contributed by atoms with Gasteiger partial charge in [0.1, 0.15) is 5.82 Å². The SMILES string of the molecule is CCCCN1CCCCC1CNC(=NC)NCc1cc(F)ccc1CS(C)(=O)=O. The van der Waals surface area contributed by atoms with Gasteiger partial charge in [0.05, 0.1) is 5.75 Å². The van der Waals surface area contributed by atoms with Gasteiger partial charge in [0.25, 0.3) is 0 Å². The van der Waals surface area contributed by atoms with Gasteiger partial charge in [-0.3, -0.25) is 9.89 Å². The smallest absolute Gasteiger partial charge is 0.191 e. The summed E-state index contributed by atoms with van der Waals surface area (Å²) in [7, 11) is -1.49. The van der Waals surface area contributed by atoms with Crippen molar-refractivity contribution in [2.45, 2.75) is 57.4 Å². The average Bonchev–Trinajstić information content (AvgIpc) is 2.68. The molecule has 1 aromatic rings. The summed E-state index contributed by atoms with van der Waals surface area (Å²) in [4.78, 5) is 6.82. The van der Waals surface area contributed by atoms with Gasteiger partial charge in [-0.2, -0.15) is 0 Å². The second-order valence-electron chi connectivity index (χ2n) is 7.83. The Hall–Kier alpha value is -1.67. The molecule has 0 radical (unpaired) electrons. The minimum absolute atomic E-state index is 0.106. The highest BCUT2D eigenvalue weighted by atomic mass is 32.2. The summed E-state index contributed by atoms with van der Waals surface area (Å²) in [5.74, 6) is 0.154. The Bertz CT molecular complexity index is 783. The van der Waals surface area contributed by atoms with E-state index in [-0.39, 0.29) is 11.6 Å². The predicted octanol–water partition coefficient (Wildman–Crippen LogP) is 2.69. The standard InChI is InChI=1S/C21H35FN4O2S/c1-4-5-11-26-12-7-6-8-20(26)15-25-21(23-2)24-14-18-13-19(22)10-9-17(18)16-29(3,27)28/h9-10,13,20H,4-8,11-12,14-16H2,1-3H3,(H2,23,24,25). The molecule has 1 saturated heterocycles. The predicted molar refractivity (Wildman–Crippen MR) is 117 cm³/mol. The summed E-state index contributed by atoms with van der Waals surface area (Å²) in [6, 6.07) is 4.71. The number of hydrogen-bond donors (Lipinski definition) is 2. The normalized spacial score (nSPS) is 18.6. The van der Waals surface area contributed by atoms with E-state index in [1.54, 1.807) is 7.05 Å². The molecule has 1 unspecified atom stereocenters. The summed E-state index contributed by atoms with van der Waals surface area (Å²) < 4.78 is 37.0. The molecule has 2 rings (SSSR count). The maximum absolute atomic E-state index is 13.7. The van der Waals surface area contributed by atoms with Gasteiger partial charge >= 0.3 is 0 Å². The largest absolute Gasteiger partial charge is 0.355 e. The lowest BCUT2D eigenvalue weighted by molar-refractivity contribution is 0.147. The minimum atomic E-state index is -3.20. The van der Waals surface area contributed by atoms with E-state index in [2.05, 4.69) is 27.4 Å². The molecule has 1 aliphatic heterocycles. The summed E-state index contributed by atoms with van der Waals surface area (Å²) in [6.07, 6.45) is 7.28. The van der Waals surface area contributed by atoms with Crippen LogP contribution in [0.2, 0.25) is 0 Å². The van der Waals surface area contributed by atoms with E-state index in [4.69, 9.17) is 0 Å². The summed E-state index contributed by atoms with van der Waals surface area (Å²) in [5.41, 5.74) is 1.23. The van der Waals surface area contributed by atoms with E-state index < -0.39 is 9.84 Å². The van der Waals surface area contributed by atoms with Crippen molar-refractivity contribution in [3.63, 3.8) is 0 Å². The summed E-state index contributed by atoms with van der Waals surface area (Å²) in [5, 5.41) is 6.58. The van der Waals surface area contributed by atoms with Gasteiger partial charge in [-0.1, -0.05) is 25.8 Å². The van der Waals surface area contributed by atoms with E-state index in [1.165, 1.54) is 56.6 Å². The highest BCUT2D eigenvalue weighted by molar-refractivity contribution is 7.89. The van der Waals surface area contributed by atoms with Crippen LogP contribution in [0.25, 0.3) is 0 Å². The van der Waals surface area contributed by atoms with Crippen LogP contribution in [0.1, 0.15) is 50.2 Å². The molecule has 0 saturated carbocycles. The van der Waals surface area contributed by atoms with Gasteiger partial charge < -0.3 is 10.6 Å². The first kappa shape index (κ1) is 23.6. The van der Waals surface area contributed by atoms with E-state index in [0.29, 0.717) is 29.7 Å². The molecule has 0 aromatic heterocycles. The van der Waals surface area contributed by atoms with Crippen molar-refractivity contribution >= 4 is 15.8 Å². The van der Waals surface area contributed by atoms with Crippen LogP contribution in [0, 0.1) is 5.82 Å². The number of halogens is 1. The summed E-state index contributed by atoms with van der Waals surface area (Å²) >= 11 is 0. The molecule has 0 aliphatic carbocycles. The Kier molecular flexibility index (Phi) is 9.36. The molecule has 1 aliphatic rings. The Morgan fingerprint density at radius 2 is 2.07 bits per heavy atom. The molecule has 2 N–H and O–H groups in total. The number of likely N-dealkylation sites (tertiary alicyclic amines) is 1. The molecule has 1 aromatic carbocycles. The maximum Gasteiger partial charge on any atom is 0.191 e. The minimum Gasteiger partial charge on any atom is -0.355 e. The topological polar surface area (TPSA) is 73.8 Å². The average molecular weight is 427 g/mol. The monoisotopic (exact) mass is 426 g/mol. The highest BCUT2D eigenvalue weighted by Crippen LogP contribution is 2.17. The molecular weight excluding hydrogens is 391 g/mol. The lowest BCUT2D eigenvalue weighted by atomic mass is 10.0. The zero-order valence-electron chi connectivity index (χ0n) is 17.9. The second-order valence-corrected chi connectivity index (χ2v) is 9.97. The first-order chi connectivity index (χ1) is 13.8. The molecule has 1 heterocycles.